The number of nitrogens with zero attached hydrogens (tertiary/aromatic N) is 1. The van der Waals surface area contributed by atoms with Gasteiger partial charge in [0.05, 0.1) is 4.55 Å². The molecule has 0 bridgehead atoms. The zero-order chi connectivity index (χ0) is 11.0. The molecule has 0 aliphatic carbocycles. The minimum atomic E-state index is 0.429. The number of para-hydroxylation sites is 1. The van der Waals surface area contributed by atoms with Crippen molar-refractivity contribution in [3.63, 3.8) is 0 Å². The van der Waals surface area contributed by atoms with E-state index in [0.29, 0.717) is 5.41 Å². The highest BCUT2D eigenvalue weighted by Gasteiger charge is 2.40. The Hall–Kier alpha value is -0.290. The van der Waals surface area contributed by atoms with Crippen LogP contribution in [0.15, 0.2) is 24.3 Å². The van der Waals surface area contributed by atoms with Crippen molar-refractivity contribution < 1.29 is 0 Å². The molecule has 2 aliphatic heterocycles. The van der Waals surface area contributed by atoms with Crippen LogP contribution in [-0.4, -0.2) is 29.1 Å². The van der Waals surface area contributed by atoms with Gasteiger partial charge in [0.15, 0.2) is 0 Å². The maximum Gasteiger partial charge on any atom is 0.0505 e. The number of anilines is 1. The first-order valence-electron chi connectivity index (χ1n) is 5.96. The Labute approximate surface area is 111 Å². The minimum absolute atomic E-state index is 0.429. The molecule has 1 saturated heterocycles. The molecule has 0 aromatic heterocycles. The molecular weight excluding hydrogens is 311 g/mol. The highest BCUT2D eigenvalue weighted by molar-refractivity contribution is 14.1. The minimum Gasteiger partial charge on any atom is -0.384 e. The number of halogens is 1. The standard InChI is InChI=1S/C13H17IN2/c14-10-16-7-5-13(6-8-16)9-15-12-4-2-1-3-11(12)13/h1-4,15H,5-10H2. The van der Waals surface area contributed by atoms with E-state index in [9.17, 15) is 0 Å². The molecule has 0 radical (unpaired) electrons. The fourth-order valence-electron chi connectivity index (χ4n) is 3.01. The predicted molar refractivity (Wildman–Crippen MR) is 76.3 cm³/mol. The summed E-state index contributed by atoms with van der Waals surface area (Å²) in [5.41, 5.74) is 3.35. The molecule has 0 unspecified atom stereocenters. The van der Waals surface area contributed by atoms with Gasteiger partial charge >= 0.3 is 0 Å². The lowest BCUT2D eigenvalue weighted by molar-refractivity contribution is 0.197. The molecule has 1 fully saturated rings. The highest BCUT2D eigenvalue weighted by atomic mass is 127. The van der Waals surface area contributed by atoms with Gasteiger partial charge < -0.3 is 5.32 Å². The highest BCUT2D eigenvalue weighted by Crippen LogP contribution is 2.43. The second kappa shape index (κ2) is 4.18. The smallest absolute Gasteiger partial charge is 0.0505 e. The van der Waals surface area contributed by atoms with E-state index < -0.39 is 0 Å². The van der Waals surface area contributed by atoms with Gasteiger partial charge in [-0.2, -0.15) is 0 Å². The van der Waals surface area contributed by atoms with Crippen LogP contribution in [0.4, 0.5) is 5.69 Å². The summed E-state index contributed by atoms with van der Waals surface area (Å²) in [4.78, 5) is 2.55. The van der Waals surface area contributed by atoms with Crippen LogP contribution in [0.3, 0.4) is 0 Å². The maximum atomic E-state index is 3.57. The lowest BCUT2D eigenvalue weighted by Crippen LogP contribution is -2.43. The summed E-state index contributed by atoms with van der Waals surface area (Å²) in [6.07, 6.45) is 2.61. The van der Waals surface area contributed by atoms with Gasteiger partial charge in [-0.1, -0.05) is 40.8 Å². The third-order valence-corrected chi connectivity index (χ3v) is 5.06. The van der Waals surface area contributed by atoms with E-state index in [1.54, 1.807) is 5.56 Å². The molecule has 3 heteroatoms. The predicted octanol–water partition coefficient (Wildman–Crippen LogP) is 2.84. The number of alkyl halides is 1. The molecule has 1 N–H and O–H groups in total. The first kappa shape index (κ1) is 10.8. The summed E-state index contributed by atoms with van der Waals surface area (Å²) in [5, 5.41) is 3.57. The Morgan fingerprint density at radius 2 is 2.00 bits per heavy atom. The number of benzene rings is 1. The van der Waals surface area contributed by atoms with Gasteiger partial charge in [0.25, 0.3) is 0 Å². The molecule has 2 aliphatic rings. The number of piperidine rings is 1. The third kappa shape index (κ3) is 1.64. The average Bonchev–Trinajstić information content (AvgIpc) is 2.71. The van der Waals surface area contributed by atoms with Crippen molar-refractivity contribution in [3.05, 3.63) is 29.8 Å². The van der Waals surface area contributed by atoms with E-state index in [2.05, 4.69) is 57.1 Å². The molecular formula is C13H17IN2. The zero-order valence-electron chi connectivity index (χ0n) is 9.38. The molecule has 2 heterocycles. The lowest BCUT2D eigenvalue weighted by Gasteiger charge is -2.38. The first-order valence-corrected chi connectivity index (χ1v) is 7.48. The molecule has 2 nitrogen and oxygen atoms in total. The second-order valence-corrected chi connectivity index (χ2v) is 5.60. The maximum absolute atomic E-state index is 3.57. The van der Waals surface area contributed by atoms with Crippen molar-refractivity contribution in [2.75, 3.05) is 29.5 Å². The van der Waals surface area contributed by atoms with E-state index in [4.69, 9.17) is 0 Å². The monoisotopic (exact) mass is 328 g/mol. The third-order valence-electron chi connectivity index (χ3n) is 4.10. The van der Waals surface area contributed by atoms with E-state index in [1.165, 1.54) is 36.2 Å². The number of nitrogens with one attached hydrogen (secondary N) is 1. The van der Waals surface area contributed by atoms with Crippen LogP contribution in [0.1, 0.15) is 18.4 Å². The molecule has 1 aromatic carbocycles. The summed E-state index contributed by atoms with van der Waals surface area (Å²) in [6, 6.07) is 8.84. The van der Waals surface area contributed by atoms with Gasteiger partial charge in [0.1, 0.15) is 0 Å². The quantitative estimate of drug-likeness (QED) is 0.484. The molecule has 0 amide bonds. The van der Waals surface area contributed by atoms with E-state index in [1.807, 2.05) is 0 Å². The lowest BCUT2D eigenvalue weighted by atomic mass is 9.74. The number of rotatable bonds is 1. The largest absolute Gasteiger partial charge is 0.384 e. The van der Waals surface area contributed by atoms with Crippen LogP contribution in [0.5, 0.6) is 0 Å². The first-order chi connectivity index (χ1) is 7.84. The van der Waals surface area contributed by atoms with Crippen LogP contribution in [0, 0.1) is 0 Å². The Morgan fingerprint density at radius 3 is 2.75 bits per heavy atom. The summed E-state index contributed by atoms with van der Waals surface area (Å²) in [5.74, 6) is 0. The van der Waals surface area contributed by atoms with E-state index in [0.717, 1.165) is 6.54 Å². The van der Waals surface area contributed by atoms with Crippen molar-refractivity contribution >= 4 is 28.3 Å². The van der Waals surface area contributed by atoms with Gasteiger partial charge in [-0.05, 0) is 37.6 Å². The fourth-order valence-corrected chi connectivity index (χ4v) is 3.69. The van der Waals surface area contributed by atoms with Crippen molar-refractivity contribution in [1.82, 2.24) is 4.90 Å². The second-order valence-electron chi connectivity index (χ2n) is 4.92. The van der Waals surface area contributed by atoms with Gasteiger partial charge in [-0.15, -0.1) is 0 Å². The Balaban J connectivity index is 1.87. The van der Waals surface area contributed by atoms with Crippen molar-refractivity contribution in [2.45, 2.75) is 18.3 Å². The molecule has 3 rings (SSSR count). The van der Waals surface area contributed by atoms with Crippen LogP contribution >= 0.6 is 22.6 Å². The van der Waals surface area contributed by atoms with Gasteiger partial charge in [0, 0.05) is 17.6 Å². The Kier molecular flexibility index (Phi) is 2.83. The Morgan fingerprint density at radius 1 is 1.25 bits per heavy atom. The molecule has 0 saturated carbocycles. The van der Waals surface area contributed by atoms with Crippen molar-refractivity contribution in [2.24, 2.45) is 0 Å². The van der Waals surface area contributed by atoms with Crippen molar-refractivity contribution in [3.8, 4) is 0 Å². The Bertz CT molecular complexity index is 383. The summed E-state index contributed by atoms with van der Waals surface area (Å²) >= 11 is 2.47. The topological polar surface area (TPSA) is 15.3 Å². The van der Waals surface area contributed by atoms with Crippen molar-refractivity contribution in [1.29, 1.82) is 0 Å². The SMILES string of the molecule is ICN1CCC2(CC1)CNc1ccccc12. The van der Waals surface area contributed by atoms with Gasteiger partial charge in [-0.3, -0.25) is 4.90 Å². The fraction of sp³-hybridized carbons (Fsp3) is 0.538. The summed E-state index contributed by atoms with van der Waals surface area (Å²) in [6.45, 7) is 3.64. The summed E-state index contributed by atoms with van der Waals surface area (Å²) < 4.78 is 1.17. The number of fused-ring (bicyclic) bond motifs is 2. The molecule has 0 atom stereocenters. The van der Waals surface area contributed by atoms with Crippen LogP contribution in [0.25, 0.3) is 0 Å². The molecule has 1 aromatic rings. The summed E-state index contributed by atoms with van der Waals surface area (Å²) in [7, 11) is 0. The van der Waals surface area contributed by atoms with Gasteiger partial charge in [0.2, 0.25) is 0 Å². The van der Waals surface area contributed by atoms with Crippen LogP contribution in [0.2, 0.25) is 0 Å². The van der Waals surface area contributed by atoms with Gasteiger partial charge in [-0.25, -0.2) is 0 Å². The molecule has 16 heavy (non-hydrogen) atoms. The molecule has 86 valence electrons. The average molecular weight is 328 g/mol. The molecule has 1 spiro atoms. The van der Waals surface area contributed by atoms with E-state index in [-0.39, 0.29) is 0 Å². The van der Waals surface area contributed by atoms with Crippen LogP contribution < -0.4 is 5.32 Å². The zero-order valence-corrected chi connectivity index (χ0v) is 11.5. The normalized spacial score (nSPS) is 23.1. The number of likely N-dealkylation sites (tertiary alicyclic amines) is 1. The van der Waals surface area contributed by atoms with E-state index >= 15 is 0 Å². The number of hydrogen-bond acceptors (Lipinski definition) is 2. The van der Waals surface area contributed by atoms with Crippen LogP contribution in [-0.2, 0) is 5.41 Å². The number of hydrogen-bond donors (Lipinski definition) is 1.